The molecule has 0 saturated heterocycles. The maximum Gasteiger partial charge on any atom is 0.505 e. The molecule has 0 fully saturated rings. The maximum atomic E-state index is 10.5. The molecule has 0 aliphatic rings. The van der Waals surface area contributed by atoms with Crippen LogP contribution in [0.15, 0.2) is 0 Å². The van der Waals surface area contributed by atoms with Crippen molar-refractivity contribution in [2.45, 2.75) is 39.8 Å². The van der Waals surface area contributed by atoms with Crippen LogP contribution in [0.2, 0.25) is 5.16 Å². The van der Waals surface area contributed by atoms with Crippen LogP contribution < -0.4 is 0 Å². The molecule has 0 saturated carbocycles. The highest BCUT2D eigenvalue weighted by atomic mass is 28.5. The SMILES string of the molecule is CCO[Si](O)(OCC)C(C)[Si](O)(OCC)OCC. The van der Waals surface area contributed by atoms with E-state index in [0.717, 1.165) is 0 Å². The molecule has 0 bridgehead atoms. The van der Waals surface area contributed by atoms with Gasteiger partial charge in [-0.2, -0.15) is 0 Å². The fraction of sp³-hybridized carbons (Fsp3) is 1.00. The summed E-state index contributed by atoms with van der Waals surface area (Å²) in [4.78, 5) is 21.0. The van der Waals surface area contributed by atoms with Gasteiger partial charge in [0, 0.05) is 26.4 Å². The van der Waals surface area contributed by atoms with Crippen LogP contribution in [0.5, 0.6) is 0 Å². The van der Waals surface area contributed by atoms with Crippen LogP contribution in [0.1, 0.15) is 34.6 Å². The maximum absolute atomic E-state index is 10.5. The first-order chi connectivity index (χ1) is 8.40. The second-order valence-corrected chi connectivity index (χ2v) is 9.70. The van der Waals surface area contributed by atoms with Gasteiger partial charge in [0.25, 0.3) is 0 Å². The van der Waals surface area contributed by atoms with Crippen molar-refractivity contribution in [1.29, 1.82) is 0 Å². The second-order valence-electron chi connectivity index (χ2n) is 3.72. The summed E-state index contributed by atoms with van der Waals surface area (Å²) in [5, 5.41) is -0.662. The quantitative estimate of drug-likeness (QED) is 0.584. The smallest absolute Gasteiger partial charge is 0.390 e. The summed E-state index contributed by atoms with van der Waals surface area (Å²) in [6, 6.07) is 0. The van der Waals surface area contributed by atoms with Crippen molar-refractivity contribution in [2.75, 3.05) is 26.4 Å². The molecule has 6 nitrogen and oxygen atoms in total. The molecule has 110 valence electrons. The Hall–Kier alpha value is 0.194. The molecule has 0 aliphatic heterocycles. The van der Waals surface area contributed by atoms with Crippen molar-refractivity contribution >= 4 is 17.6 Å². The van der Waals surface area contributed by atoms with Crippen molar-refractivity contribution in [3.8, 4) is 0 Å². The minimum absolute atomic E-state index is 0.315. The Bertz CT molecular complexity index is 194. The zero-order valence-electron chi connectivity index (χ0n) is 11.9. The summed E-state index contributed by atoms with van der Waals surface area (Å²) < 4.78 is 21.4. The molecule has 0 unspecified atom stereocenters. The third-order valence-electron chi connectivity index (χ3n) is 2.50. The van der Waals surface area contributed by atoms with E-state index in [1.165, 1.54) is 0 Å². The Kier molecular flexibility index (Phi) is 8.47. The monoisotopic (exact) mass is 298 g/mol. The number of hydrogen-bond acceptors (Lipinski definition) is 6. The summed E-state index contributed by atoms with van der Waals surface area (Å²) >= 11 is 0. The van der Waals surface area contributed by atoms with E-state index in [-0.39, 0.29) is 0 Å². The first-order valence-corrected chi connectivity index (χ1v) is 10.1. The Labute approximate surface area is 112 Å². The van der Waals surface area contributed by atoms with Crippen LogP contribution in [0.3, 0.4) is 0 Å². The van der Waals surface area contributed by atoms with Gasteiger partial charge in [-0.25, -0.2) is 0 Å². The lowest BCUT2D eigenvalue weighted by Crippen LogP contribution is -2.60. The molecule has 0 aromatic carbocycles. The molecule has 2 N–H and O–H groups in total. The van der Waals surface area contributed by atoms with Crippen molar-refractivity contribution < 1.29 is 27.3 Å². The molecule has 0 amide bonds. The predicted molar refractivity (Wildman–Crippen MR) is 71.9 cm³/mol. The lowest BCUT2D eigenvalue weighted by Gasteiger charge is -2.35. The van der Waals surface area contributed by atoms with Gasteiger partial charge in [0.1, 0.15) is 0 Å². The standard InChI is InChI=1S/C10H26O6Si2/c1-6-13-17(11,14-7-2)10(5)18(12,15-8-3)16-9-4/h10-12H,6-9H2,1-5H3. The Morgan fingerprint density at radius 1 is 0.722 bits per heavy atom. The average molecular weight is 298 g/mol. The van der Waals surface area contributed by atoms with Gasteiger partial charge in [-0.3, -0.25) is 0 Å². The zero-order valence-corrected chi connectivity index (χ0v) is 13.9. The van der Waals surface area contributed by atoms with E-state index in [9.17, 15) is 9.59 Å². The molecule has 0 heterocycles. The van der Waals surface area contributed by atoms with Crippen LogP contribution in [0, 0.1) is 0 Å². The normalized spacial score (nSPS) is 13.3. The van der Waals surface area contributed by atoms with E-state index in [4.69, 9.17) is 17.7 Å². The lowest BCUT2D eigenvalue weighted by molar-refractivity contribution is 0.0701. The lowest BCUT2D eigenvalue weighted by atomic mass is 10.9. The summed E-state index contributed by atoms with van der Waals surface area (Å²) in [7, 11) is -7.00. The minimum atomic E-state index is -3.50. The van der Waals surface area contributed by atoms with E-state index in [1.807, 2.05) is 0 Å². The van der Waals surface area contributed by atoms with Gasteiger partial charge in [0.2, 0.25) is 0 Å². The summed E-state index contributed by atoms with van der Waals surface area (Å²) in [5.41, 5.74) is 0. The minimum Gasteiger partial charge on any atom is -0.390 e. The van der Waals surface area contributed by atoms with E-state index < -0.39 is 22.8 Å². The molecular formula is C10H26O6Si2. The first kappa shape index (κ1) is 18.2. The van der Waals surface area contributed by atoms with Crippen molar-refractivity contribution in [1.82, 2.24) is 0 Å². The average Bonchev–Trinajstić information content (AvgIpc) is 2.29. The molecule has 18 heavy (non-hydrogen) atoms. The van der Waals surface area contributed by atoms with E-state index in [1.54, 1.807) is 34.6 Å². The van der Waals surface area contributed by atoms with Crippen molar-refractivity contribution in [3.05, 3.63) is 0 Å². The van der Waals surface area contributed by atoms with Crippen LogP contribution in [0.4, 0.5) is 0 Å². The van der Waals surface area contributed by atoms with E-state index in [0.29, 0.717) is 26.4 Å². The fourth-order valence-corrected chi connectivity index (χ4v) is 7.31. The highest BCUT2D eigenvalue weighted by Crippen LogP contribution is 2.31. The summed E-state index contributed by atoms with van der Waals surface area (Å²) in [6.07, 6.45) is 0. The van der Waals surface area contributed by atoms with Gasteiger partial charge < -0.3 is 27.3 Å². The fourth-order valence-electron chi connectivity index (χ4n) is 1.64. The van der Waals surface area contributed by atoms with Gasteiger partial charge in [0.05, 0.1) is 5.16 Å². The van der Waals surface area contributed by atoms with E-state index in [2.05, 4.69) is 0 Å². The Balaban J connectivity index is 5.04. The van der Waals surface area contributed by atoms with Gasteiger partial charge in [-0.05, 0) is 27.7 Å². The highest BCUT2D eigenvalue weighted by molar-refractivity contribution is 6.81. The molecule has 0 aromatic heterocycles. The molecule has 0 aliphatic carbocycles. The molecule has 0 radical (unpaired) electrons. The highest BCUT2D eigenvalue weighted by Gasteiger charge is 2.59. The third kappa shape index (κ3) is 4.70. The molecule has 0 rings (SSSR count). The third-order valence-corrected chi connectivity index (χ3v) is 9.69. The predicted octanol–water partition coefficient (Wildman–Crippen LogP) is 0.924. The molecular weight excluding hydrogens is 272 g/mol. The zero-order chi connectivity index (χ0) is 14.2. The van der Waals surface area contributed by atoms with Crippen LogP contribution >= 0.6 is 0 Å². The van der Waals surface area contributed by atoms with Crippen LogP contribution in [-0.2, 0) is 17.7 Å². The van der Waals surface area contributed by atoms with E-state index >= 15 is 0 Å². The molecule has 0 aromatic rings. The summed E-state index contributed by atoms with van der Waals surface area (Å²) in [6.45, 7) is 10.0. The molecule has 0 spiro atoms. The van der Waals surface area contributed by atoms with Crippen molar-refractivity contribution in [3.63, 3.8) is 0 Å². The first-order valence-electron chi connectivity index (χ1n) is 6.40. The number of hydrogen-bond donors (Lipinski definition) is 2. The van der Waals surface area contributed by atoms with Crippen molar-refractivity contribution in [2.24, 2.45) is 0 Å². The Morgan fingerprint density at radius 3 is 1.11 bits per heavy atom. The largest absolute Gasteiger partial charge is 0.505 e. The van der Waals surface area contributed by atoms with Gasteiger partial charge in [-0.15, -0.1) is 0 Å². The molecule has 0 atom stereocenters. The molecule has 8 heteroatoms. The van der Waals surface area contributed by atoms with Crippen LogP contribution in [-0.4, -0.2) is 53.6 Å². The topological polar surface area (TPSA) is 77.4 Å². The van der Waals surface area contributed by atoms with Gasteiger partial charge in [0.15, 0.2) is 0 Å². The van der Waals surface area contributed by atoms with Gasteiger partial charge >= 0.3 is 17.6 Å². The number of rotatable bonds is 10. The summed E-state index contributed by atoms with van der Waals surface area (Å²) in [5.74, 6) is 0. The van der Waals surface area contributed by atoms with Crippen LogP contribution in [0.25, 0.3) is 0 Å². The van der Waals surface area contributed by atoms with Gasteiger partial charge in [-0.1, -0.05) is 6.92 Å². The second kappa shape index (κ2) is 8.38. The Morgan fingerprint density at radius 2 is 0.944 bits per heavy atom.